The van der Waals surface area contributed by atoms with Crippen molar-refractivity contribution in [1.29, 1.82) is 0 Å². The topological polar surface area (TPSA) is 64.6 Å². The molecular weight excluding hydrogens is 246 g/mol. The van der Waals surface area contributed by atoms with Gasteiger partial charge in [-0.25, -0.2) is 9.59 Å². The minimum atomic E-state index is -0.685. The van der Waals surface area contributed by atoms with E-state index in [9.17, 15) is 9.59 Å². The molecule has 1 amide bonds. The molecule has 112 valence electrons. The lowest BCUT2D eigenvalue weighted by Crippen LogP contribution is -2.46. The van der Waals surface area contributed by atoms with Crippen LogP contribution in [0.25, 0.3) is 0 Å². The molecule has 0 bridgehead atoms. The summed E-state index contributed by atoms with van der Waals surface area (Å²) in [5, 5.41) is 2.58. The van der Waals surface area contributed by atoms with Crippen molar-refractivity contribution < 1.29 is 19.1 Å². The van der Waals surface area contributed by atoms with Gasteiger partial charge in [0.15, 0.2) is 0 Å². The third-order valence-corrected chi connectivity index (χ3v) is 2.89. The molecule has 1 atom stereocenters. The first-order valence-electron chi connectivity index (χ1n) is 6.58. The molecule has 0 spiro atoms. The maximum absolute atomic E-state index is 11.7. The van der Waals surface area contributed by atoms with Crippen molar-refractivity contribution in [3.05, 3.63) is 0 Å². The van der Waals surface area contributed by atoms with E-state index in [-0.39, 0.29) is 5.41 Å². The van der Waals surface area contributed by atoms with Gasteiger partial charge in [0.2, 0.25) is 0 Å². The molecule has 0 aromatic carbocycles. The largest absolute Gasteiger partial charge is 0.467 e. The number of ether oxygens (including phenoxy) is 2. The van der Waals surface area contributed by atoms with E-state index in [1.807, 2.05) is 20.8 Å². The van der Waals surface area contributed by atoms with Crippen LogP contribution in [-0.2, 0) is 14.3 Å². The van der Waals surface area contributed by atoms with Crippen LogP contribution in [0.4, 0.5) is 4.79 Å². The summed E-state index contributed by atoms with van der Waals surface area (Å²) in [4.78, 5) is 23.4. The number of amides is 1. The summed E-state index contributed by atoms with van der Waals surface area (Å²) >= 11 is 0. The average molecular weight is 273 g/mol. The van der Waals surface area contributed by atoms with Crippen molar-refractivity contribution >= 4 is 12.1 Å². The van der Waals surface area contributed by atoms with Gasteiger partial charge in [-0.1, -0.05) is 27.2 Å². The Morgan fingerprint density at radius 2 is 1.68 bits per heavy atom. The molecule has 0 aromatic heterocycles. The smallest absolute Gasteiger partial charge is 0.408 e. The molecule has 19 heavy (non-hydrogen) atoms. The molecule has 0 unspecified atom stereocenters. The van der Waals surface area contributed by atoms with Crippen molar-refractivity contribution in [2.45, 2.75) is 66.0 Å². The molecule has 0 radical (unpaired) electrons. The van der Waals surface area contributed by atoms with Crippen LogP contribution in [0.5, 0.6) is 0 Å². The Morgan fingerprint density at radius 3 is 2.05 bits per heavy atom. The molecule has 0 saturated heterocycles. The molecule has 0 saturated carbocycles. The Balaban J connectivity index is 4.70. The predicted octanol–water partition coefficient (Wildman–Crippen LogP) is 2.88. The third kappa shape index (κ3) is 7.70. The fraction of sp³-hybridized carbons (Fsp3) is 0.857. The highest BCUT2D eigenvalue weighted by molar-refractivity contribution is 5.81. The number of alkyl carbamates (subject to hydrolysis) is 1. The van der Waals surface area contributed by atoms with Crippen LogP contribution in [0.3, 0.4) is 0 Å². The first-order valence-corrected chi connectivity index (χ1v) is 6.58. The Bertz CT molecular complexity index is 318. The monoisotopic (exact) mass is 273 g/mol. The number of esters is 1. The first kappa shape index (κ1) is 17.7. The second-order valence-electron chi connectivity index (χ2n) is 6.44. The molecule has 0 fully saturated rings. The van der Waals surface area contributed by atoms with Gasteiger partial charge in [-0.15, -0.1) is 0 Å². The summed E-state index contributed by atoms with van der Waals surface area (Å²) in [7, 11) is 1.31. The van der Waals surface area contributed by atoms with E-state index in [1.165, 1.54) is 7.11 Å². The number of hydrogen-bond donors (Lipinski definition) is 1. The summed E-state index contributed by atoms with van der Waals surface area (Å²) in [6, 6.07) is -0.685. The molecule has 0 aliphatic rings. The Hall–Kier alpha value is -1.26. The zero-order chi connectivity index (χ0) is 15.3. The van der Waals surface area contributed by atoms with Crippen molar-refractivity contribution in [3.63, 3.8) is 0 Å². The van der Waals surface area contributed by atoms with Gasteiger partial charge in [-0.2, -0.15) is 0 Å². The number of hydrogen-bond acceptors (Lipinski definition) is 4. The number of methoxy groups -OCH3 is 1. The fourth-order valence-electron chi connectivity index (χ4n) is 1.48. The maximum atomic E-state index is 11.7. The van der Waals surface area contributed by atoms with E-state index < -0.39 is 23.7 Å². The van der Waals surface area contributed by atoms with E-state index in [0.29, 0.717) is 6.42 Å². The number of rotatable bonds is 5. The van der Waals surface area contributed by atoms with Crippen LogP contribution >= 0.6 is 0 Å². The summed E-state index contributed by atoms with van der Waals surface area (Å²) in [5.41, 5.74) is -0.654. The van der Waals surface area contributed by atoms with Crippen LogP contribution in [-0.4, -0.2) is 30.8 Å². The van der Waals surface area contributed by atoms with E-state index in [1.54, 1.807) is 20.8 Å². The van der Waals surface area contributed by atoms with Crippen molar-refractivity contribution in [2.24, 2.45) is 5.41 Å². The Morgan fingerprint density at radius 1 is 1.16 bits per heavy atom. The number of carbonyl (C=O) groups excluding carboxylic acids is 2. The lowest BCUT2D eigenvalue weighted by atomic mass is 9.83. The molecule has 0 aromatic rings. The van der Waals surface area contributed by atoms with E-state index in [4.69, 9.17) is 9.47 Å². The Kier molecular flexibility index (Phi) is 6.33. The van der Waals surface area contributed by atoms with Gasteiger partial charge in [0.05, 0.1) is 7.11 Å². The third-order valence-electron chi connectivity index (χ3n) is 2.89. The lowest BCUT2D eigenvalue weighted by molar-refractivity contribution is -0.144. The zero-order valence-electron chi connectivity index (χ0n) is 13.1. The van der Waals surface area contributed by atoms with Crippen LogP contribution in [0.1, 0.15) is 54.4 Å². The Labute approximate surface area is 116 Å². The highest BCUT2D eigenvalue weighted by Crippen LogP contribution is 2.26. The van der Waals surface area contributed by atoms with Crippen LogP contribution in [0.15, 0.2) is 0 Å². The van der Waals surface area contributed by atoms with Gasteiger partial charge < -0.3 is 14.8 Å². The van der Waals surface area contributed by atoms with Crippen molar-refractivity contribution in [2.75, 3.05) is 7.11 Å². The second-order valence-corrected chi connectivity index (χ2v) is 6.44. The van der Waals surface area contributed by atoms with Gasteiger partial charge >= 0.3 is 12.1 Å². The molecule has 0 aliphatic carbocycles. The second kappa shape index (κ2) is 6.78. The molecular formula is C14H27NO4. The molecule has 1 N–H and O–H groups in total. The van der Waals surface area contributed by atoms with E-state index in [2.05, 4.69) is 5.32 Å². The fourth-order valence-corrected chi connectivity index (χ4v) is 1.48. The standard InChI is InChI=1S/C14H27NO4/c1-8-14(5,6)9-10(11(16)18-7)15-12(17)19-13(2,3)4/h10H,8-9H2,1-7H3,(H,15,17)/t10-/m0/s1. The average Bonchev–Trinajstić information content (AvgIpc) is 2.24. The maximum Gasteiger partial charge on any atom is 0.408 e. The van der Waals surface area contributed by atoms with Crippen molar-refractivity contribution in [3.8, 4) is 0 Å². The first-order chi connectivity index (χ1) is 8.50. The van der Waals surface area contributed by atoms with Gasteiger partial charge in [0.25, 0.3) is 0 Å². The van der Waals surface area contributed by atoms with Gasteiger partial charge in [-0.05, 0) is 32.6 Å². The molecule has 0 aliphatic heterocycles. The molecule has 5 nitrogen and oxygen atoms in total. The van der Waals surface area contributed by atoms with Gasteiger partial charge in [-0.3, -0.25) is 0 Å². The van der Waals surface area contributed by atoms with E-state index in [0.717, 1.165) is 6.42 Å². The number of nitrogens with one attached hydrogen (secondary N) is 1. The highest BCUT2D eigenvalue weighted by atomic mass is 16.6. The highest BCUT2D eigenvalue weighted by Gasteiger charge is 2.30. The normalized spacial score (nSPS) is 13.6. The molecule has 0 heterocycles. The molecule has 5 heteroatoms. The van der Waals surface area contributed by atoms with Crippen LogP contribution < -0.4 is 5.32 Å². The zero-order valence-corrected chi connectivity index (χ0v) is 13.1. The lowest BCUT2D eigenvalue weighted by Gasteiger charge is -2.28. The predicted molar refractivity (Wildman–Crippen MR) is 73.9 cm³/mol. The van der Waals surface area contributed by atoms with Crippen LogP contribution in [0.2, 0.25) is 0 Å². The van der Waals surface area contributed by atoms with Crippen molar-refractivity contribution in [1.82, 2.24) is 5.32 Å². The van der Waals surface area contributed by atoms with E-state index >= 15 is 0 Å². The van der Waals surface area contributed by atoms with Gasteiger partial charge in [0, 0.05) is 0 Å². The minimum Gasteiger partial charge on any atom is -0.467 e. The summed E-state index contributed by atoms with van der Waals surface area (Å²) in [6.45, 7) is 11.4. The minimum absolute atomic E-state index is 0.0616. The number of carbonyl (C=O) groups is 2. The van der Waals surface area contributed by atoms with Crippen LogP contribution in [0, 0.1) is 5.41 Å². The molecule has 0 rings (SSSR count). The summed E-state index contributed by atoms with van der Waals surface area (Å²) in [6.07, 6.45) is 0.807. The quantitative estimate of drug-likeness (QED) is 0.782. The van der Waals surface area contributed by atoms with Gasteiger partial charge in [0.1, 0.15) is 11.6 Å². The summed E-state index contributed by atoms with van der Waals surface area (Å²) in [5.74, 6) is -0.451. The SMILES string of the molecule is CCC(C)(C)C[C@H](NC(=O)OC(C)(C)C)C(=O)OC. The summed E-state index contributed by atoms with van der Waals surface area (Å²) < 4.78 is 9.88.